The van der Waals surface area contributed by atoms with Crippen LogP contribution in [0.2, 0.25) is 0 Å². The highest BCUT2D eigenvalue weighted by Gasteiger charge is 2.26. The van der Waals surface area contributed by atoms with Crippen molar-refractivity contribution in [2.75, 3.05) is 6.61 Å². The van der Waals surface area contributed by atoms with Crippen LogP contribution in [-0.4, -0.2) is 12.8 Å². The van der Waals surface area contributed by atoms with Crippen LogP contribution in [0, 0.1) is 0 Å². The summed E-state index contributed by atoms with van der Waals surface area (Å²) in [6.45, 7) is 0.0769. The van der Waals surface area contributed by atoms with Crippen LogP contribution in [0.3, 0.4) is 0 Å². The smallest absolute Gasteiger partial charge is 0.389 e. The van der Waals surface area contributed by atoms with Crippen molar-refractivity contribution < 1.29 is 17.9 Å². The van der Waals surface area contributed by atoms with Crippen LogP contribution in [0.1, 0.15) is 42.9 Å². The third-order valence-corrected chi connectivity index (χ3v) is 3.35. The maximum Gasteiger partial charge on any atom is 0.389 e. The summed E-state index contributed by atoms with van der Waals surface area (Å²) in [6, 6.07) is 5.66. The molecule has 1 atom stereocenters. The van der Waals surface area contributed by atoms with Gasteiger partial charge in [-0.3, -0.25) is 0 Å². The second kappa shape index (κ2) is 5.82. The van der Waals surface area contributed by atoms with Gasteiger partial charge in [0.05, 0.1) is 6.61 Å². The second-order valence-corrected chi connectivity index (χ2v) is 4.93. The van der Waals surface area contributed by atoms with Crippen LogP contribution in [0.25, 0.3) is 0 Å². The molecule has 0 fully saturated rings. The minimum absolute atomic E-state index is 0.0162. The van der Waals surface area contributed by atoms with E-state index in [2.05, 4.69) is 0 Å². The molecule has 0 unspecified atom stereocenters. The summed E-state index contributed by atoms with van der Waals surface area (Å²) in [4.78, 5) is 0. The Hall–Kier alpha value is -1.23. The highest BCUT2D eigenvalue weighted by atomic mass is 19.4. The predicted molar refractivity (Wildman–Crippen MR) is 67.1 cm³/mol. The van der Waals surface area contributed by atoms with Crippen molar-refractivity contribution in [3.05, 3.63) is 29.3 Å². The molecule has 0 aromatic heterocycles. The molecule has 0 aliphatic heterocycles. The highest BCUT2D eigenvalue weighted by molar-refractivity contribution is 5.39. The van der Waals surface area contributed by atoms with Gasteiger partial charge < -0.3 is 10.5 Å². The summed E-state index contributed by atoms with van der Waals surface area (Å²) in [6.07, 6.45) is -1.90. The van der Waals surface area contributed by atoms with Crippen molar-refractivity contribution >= 4 is 0 Å². The molecule has 1 aromatic carbocycles. The van der Waals surface area contributed by atoms with E-state index in [1.54, 1.807) is 0 Å². The van der Waals surface area contributed by atoms with E-state index in [0.29, 0.717) is 5.75 Å². The van der Waals surface area contributed by atoms with Crippen LogP contribution in [0.15, 0.2) is 18.2 Å². The first-order valence-electron chi connectivity index (χ1n) is 6.54. The quantitative estimate of drug-likeness (QED) is 0.848. The molecule has 0 heterocycles. The Bertz CT molecular complexity index is 431. The SMILES string of the molecule is N[C@@H]1CCCc2ccc(OCCCC(F)(F)F)cc21. The molecule has 2 N–H and O–H groups in total. The number of halogens is 3. The molecule has 106 valence electrons. The van der Waals surface area contributed by atoms with Crippen LogP contribution in [-0.2, 0) is 6.42 Å². The summed E-state index contributed by atoms with van der Waals surface area (Å²) in [5, 5.41) is 0. The molecule has 0 spiro atoms. The van der Waals surface area contributed by atoms with Gasteiger partial charge in [-0.05, 0) is 48.9 Å². The lowest BCUT2D eigenvalue weighted by Gasteiger charge is -2.22. The monoisotopic (exact) mass is 273 g/mol. The minimum atomic E-state index is -4.11. The van der Waals surface area contributed by atoms with E-state index >= 15 is 0 Å². The average Bonchev–Trinajstić information content (AvgIpc) is 2.34. The lowest BCUT2D eigenvalue weighted by atomic mass is 9.88. The van der Waals surface area contributed by atoms with E-state index in [-0.39, 0.29) is 19.1 Å². The van der Waals surface area contributed by atoms with Gasteiger partial charge in [-0.15, -0.1) is 0 Å². The number of ether oxygens (including phenoxy) is 1. The molecule has 1 aliphatic carbocycles. The van der Waals surface area contributed by atoms with Crippen LogP contribution < -0.4 is 10.5 Å². The third kappa shape index (κ3) is 4.13. The van der Waals surface area contributed by atoms with Crippen molar-refractivity contribution in [2.24, 2.45) is 5.73 Å². The maximum atomic E-state index is 12.0. The minimum Gasteiger partial charge on any atom is -0.494 e. The van der Waals surface area contributed by atoms with Gasteiger partial charge in [0.15, 0.2) is 0 Å². The number of rotatable bonds is 4. The molecule has 2 nitrogen and oxygen atoms in total. The normalized spacial score (nSPS) is 19.1. The molecule has 19 heavy (non-hydrogen) atoms. The molecule has 0 saturated carbocycles. The number of alkyl halides is 3. The Kier molecular flexibility index (Phi) is 4.34. The zero-order valence-electron chi connectivity index (χ0n) is 10.7. The van der Waals surface area contributed by atoms with E-state index in [1.807, 2.05) is 18.2 Å². The molecule has 0 saturated heterocycles. The van der Waals surface area contributed by atoms with Gasteiger partial charge in [0, 0.05) is 12.5 Å². The Balaban J connectivity index is 1.89. The van der Waals surface area contributed by atoms with E-state index < -0.39 is 12.6 Å². The van der Waals surface area contributed by atoms with E-state index in [0.717, 1.165) is 24.8 Å². The summed E-state index contributed by atoms with van der Waals surface area (Å²) in [7, 11) is 0. The van der Waals surface area contributed by atoms with Crippen molar-refractivity contribution in [2.45, 2.75) is 44.3 Å². The van der Waals surface area contributed by atoms with Crippen molar-refractivity contribution in [3.63, 3.8) is 0 Å². The van der Waals surface area contributed by atoms with Gasteiger partial charge >= 0.3 is 6.18 Å². The zero-order chi connectivity index (χ0) is 13.9. The van der Waals surface area contributed by atoms with Crippen molar-refractivity contribution in [1.82, 2.24) is 0 Å². The number of aryl methyl sites for hydroxylation is 1. The number of benzene rings is 1. The standard InChI is InChI=1S/C14H18F3NO/c15-14(16,17)7-2-8-19-11-6-5-10-3-1-4-13(18)12(10)9-11/h5-6,9,13H,1-4,7-8,18H2/t13-/m1/s1. The van der Waals surface area contributed by atoms with Crippen LogP contribution in [0.5, 0.6) is 5.75 Å². The fourth-order valence-electron chi connectivity index (χ4n) is 2.37. The number of hydrogen-bond acceptors (Lipinski definition) is 2. The molecule has 1 aliphatic rings. The van der Waals surface area contributed by atoms with Crippen molar-refractivity contribution in [3.8, 4) is 5.75 Å². The Morgan fingerprint density at radius 2 is 2.11 bits per heavy atom. The highest BCUT2D eigenvalue weighted by Crippen LogP contribution is 2.31. The molecule has 1 aromatic rings. The number of hydrogen-bond donors (Lipinski definition) is 1. The predicted octanol–water partition coefficient (Wildman–Crippen LogP) is 3.74. The van der Waals surface area contributed by atoms with Gasteiger partial charge in [0.25, 0.3) is 0 Å². The Labute approximate surface area is 110 Å². The van der Waals surface area contributed by atoms with E-state index in [9.17, 15) is 13.2 Å². The van der Waals surface area contributed by atoms with Gasteiger partial charge in [-0.2, -0.15) is 13.2 Å². The average molecular weight is 273 g/mol. The summed E-state index contributed by atoms with van der Waals surface area (Å²) < 4.78 is 41.3. The topological polar surface area (TPSA) is 35.2 Å². The lowest BCUT2D eigenvalue weighted by molar-refractivity contribution is -0.136. The zero-order valence-corrected chi connectivity index (χ0v) is 10.7. The molecular formula is C14H18F3NO. The lowest BCUT2D eigenvalue weighted by Crippen LogP contribution is -2.17. The maximum absolute atomic E-state index is 12.0. The molecule has 0 amide bonds. The molecule has 0 radical (unpaired) electrons. The Morgan fingerprint density at radius 3 is 2.84 bits per heavy atom. The molecule has 0 bridgehead atoms. The summed E-state index contributed by atoms with van der Waals surface area (Å²) in [5.41, 5.74) is 8.32. The first-order chi connectivity index (χ1) is 8.96. The fraction of sp³-hybridized carbons (Fsp3) is 0.571. The summed E-state index contributed by atoms with van der Waals surface area (Å²) >= 11 is 0. The third-order valence-electron chi connectivity index (χ3n) is 3.35. The molecule has 2 rings (SSSR count). The van der Waals surface area contributed by atoms with Gasteiger partial charge in [0.1, 0.15) is 5.75 Å². The second-order valence-electron chi connectivity index (χ2n) is 4.93. The summed E-state index contributed by atoms with van der Waals surface area (Å²) in [5.74, 6) is 0.610. The Morgan fingerprint density at radius 1 is 1.32 bits per heavy atom. The first-order valence-corrected chi connectivity index (χ1v) is 6.54. The first kappa shape index (κ1) is 14.2. The van der Waals surface area contributed by atoms with Gasteiger partial charge in [-0.1, -0.05) is 6.07 Å². The largest absolute Gasteiger partial charge is 0.494 e. The van der Waals surface area contributed by atoms with Crippen LogP contribution >= 0.6 is 0 Å². The van der Waals surface area contributed by atoms with Gasteiger partial charge in [-0.25, -0.2) is 0 Å². The molecule has 5 heteroatoms. The molecular weight excluding hydrogens is 255 g/mol. The van der Waals surface area contributed by atoms with Crippen molar-refractivity contribution in [1.29, 1.82) is 0 Å². The van der Waals surface area contributed by atoms with Gasteiger partial charge in [0.2, 0.25) is 0 Å². The van der Waals surface area contributed by atoms with E-state index in [4.69, 9.17) is 10.5 Å². The number of fused-ring (bicyclic) bond motifs is 1. The van der Waals surface area contributed by atoms with Crippen LogP contribution in [0.4, 0.5) is 13.2 Å². The fourth-order valence-corrected chi connectivity index (χ4v) is 2.37. The number of nitrogens with two attached hydrogens (primary N) is 1. The van der Waals surface area contributed by atoms with E-state index in [1.165, 1.54) is 5.56 Å².